The molecule has 0 atom stereocenters. The van der Waals surface area contributed by atoms with E-state index in [0.29, 0.717) is 11.5 Å². The minimum absolute atomic E-state index is 0.0264. The predicted octanol–water partition coefficient (Wildman–Crippen LogP) is 3.09. The Bertz CT molecular complexity index is 662. The summed E-state index contributed by atoms with van der Waals surface area (Å²) in [6.45, 7) is 4.05. The summed E-state index contributed by atoms with van der Waals surface area (Å²) in [6, 6.07) is 7.32. The highest BCUT2D eigenvalue weighted by Crippen LogP contribution is 2.20. The zero-order chi connectivity index (χ0) is 16.7. The van der Waals surface area contributed by atoms with E-state index in [4.69, 9.17) is 4.74 Å². The van der Waals surface area contributed by atoms with Crippen LogP contribution >= 0.6 is 11.8 Å². The molecule has 1 heterocycles. The minimum atomic E-state index is -0.0264. The van der Waals surface area contributed by atoms with Crippen molar-refractivity contribution in [2.45, 2.75) is 26.7 Å². The Hall–Kier alpha value is -2.15. The maximum absolute atomic E-state index is 11.5. The number of anilines is 1. The normalized spacial score (nSPS) is 10.4. The molecule has 2 rings (SSSR count). The second-order valence-corrected chi connectivity index (χ2v) is 5.67. The number of aryl methyl sites for hydroxylation is 2. The van der Waals surface area contributed by atoms with Crippen molar-refractivity contribution in [2.24, 2.45) is 0 Å². The number of carbonyl (C=O) groups is 1. The molecule has 0 aliphatic heterocycles. The van der Waals surface area contributed by atoms with Crippen molar-refractivity contribution in [2.75, 3.05) is 17.3 Å². The summed E-state index contributed by atoms with van der Waals surface area (Å²) >= 11 is 1.48. The van der Waals surface area contributed by atoms with E-state index in [1.54, 1.807) is 24.3 Å². The molecule has 0 spiro atoms. The lowest BCUT2D eigenvalue weighted by Gasteiger charge is -2.08. The SMILES string of the molecule is CCc1nnc(Oc2ccc(NC(=O)CSC)cc2)nc1CC. The van der Waals surface area contributed by atoms with E-state index in [1.165, 1.54) is 11.8 Å². The first kappa shape index (κ1) is 17.2. The van der Waals surface area contributed by atoms with Crippen LogP contribution in [-0.4, -0.2) is 33.1 Å². The third kappa shape index (κ3) is 4.92. The van der Waals surface area contributed by atoms with Crippen molar-refractivity contribution in [3.05, 3.63) is 35.7 Å². The van der Waals surface area contributed by atoms with Crippen molar-refractivity contribution in [1.29, 1.82) is 0 Å². The van der Waals surface area contributed by atoms with Gasteiger partial charge in [0.2, 0.25) is 5.91 Å². The van der Waals surface area contributed by atoms with Gasteiger partial charge < -0.3 is 10.1 Å². The Kier molecular flexibility index (Phi) is 6.34. The number of nitrogens with zero attached hydrogens (tertiary/aromatic N) is 3. The third-order valence-corrected chi connectivity index (χ3v) is 3.66. The Morgan fingerprint density at radius 2 is 1.83 bits per heavy atom. The van der Waals surface area contributed by atoms with Crippen LogP contribution in [0.5, 0.6) is 11.8 Å². The molecular weight excluding hydrogens is 312 g/mol. The fourth-order valence-corrected chi connectivity index (χ4v) is 2.34. The number of hydrogen-bond acceptors (Lipinski definition) is 6. The third-order valence-electron chi connectivity index (χ3n) is 3.11. The number of aromatic nitrogens is 3. The molecule has 0 aliphatic rings. The van der Waals surface area contributed by atoms with Gasteiger partial charge in [0.1, 0.15) is 5.75 Å². The van der Waals surface area contributed by atoms with Gasteiger partial charge >= 0.3 is 6.01 Å². The molecular formula is C16H20N4O2S. The van der Waals surface area contributed by atoms with E-state index < -0.39 is 0 Å². The lowest BCUT2D eigenvalue weighted by Crippen LogP contribution is -2.13. The first-order chi connectivity index (χ1) is 11.2. The molecule has 2 aromatic rings. The van der Waals surface area contributed by atoms with Crippen LogP contribution in [0.4, 0.5) is 5.69 Å². The van der Waals surface area contributed by atoms with Gasteiger partial charge in [-0.05, 0) is 43.4 Å². The van der Waals surface area contributed by atoms with E-state index in [1.807, 2.05) is 20.1 Å². The molecule has 1 N–H and O–H groups in total. The molecule has 1 amide bonds. The van der Waals surface area contributed by atoms with Crippen LogP contribution in [0.2, 0.25) is 0 Å². The molecule has 6 nitrogen and oxygen atoms in total. The summed E-state index contributed by atoms with van der Waals surface area (Å²) in [5, 5.41) is 10.9. The van der Waals surface area contributed by atoms with E-state index in [2.05, 4.69) is 20.5 Å². The molecule has 0 fully saturated rings. The largest absolute Gasteiger partial charge is 0.423 e. The maximum atomic E-state index is 11.5. The van der Waals surface area contributed by atoms with Crippen molar-refractivity contribution in [3.63, 3.8) is 0 Å². The maximum Gasteiger partial charge on any atom is 0.341 e. The topological polar surface area (TPSA) is 77.0 Å². The van der Waals surface area contributed by atoms with Gasteiger partial charge in [-0.15, -0.1) is 5.10 Å². The lowest BCUT2D eigenvalue weighted by atomic mass is 10.2. The van der Waals surface area contributed by atoms with E-state index in [9.17, 15) is 4.79 Å². The Labute approximate surface area is 140 Å². The highest BCUT2D eigenvalue weighted by Gasteiger charge is 2.08. The van der Waals surface area contributed by atoms with Gasteiger partial charge in [0.25, 0.3) is 0 Å². The number of thioether (sulfide) groups is 1. The van der Waals surface area contributed by atoms with Gasteiger partial charge in [-0.3, -0.25) is 4.79 Å². The predicted molar refractivity (Wildman–Crippen MR) is 92.1 cm³/mol. The van der Waals surface area contributed by atoms with E-state index >= 15 is 0 Å². The van der Waals surface area contributed by atoms with Gasteiger partial charge in [0, 0.05) is 5.69 Å². The van der Waals surface area contributed by atoms with Crippen LogP contribution in [-0.2, 0) is 17.6 Å². The molecule has 0 unspecified atom stereocenters. The van der Waals surface area contributed by atoms with E-state index in [0.717, 1.165) is 29.9 Å². The number of benzene rings is 1. The summed E-state index contributed by atoms with van der Waals surface area (Å²) in [5.74, 6) is 1.00. The van der Waals surface area contributed by atoms with Crippen molar-refractivity contribution >= 4 is 23.4 Å². The fraction of sp³-hybridized carbons (Fsp3) is 0.375. The highest BCUT2D eigenvalue weighted by molar-refractivity contribution is 7.99. The van der Waals surface area contributed by atoms with Gasteiger partial charge in [0.05, 0.1) is 17.1 Å². The number of nitrogens with one attached hydrogen (secondary N) is 1. The molecule has 1 aromatic heterocycles. The molecule has 1 aromatic carbocycles. The first-order valence-corrected chi connectivity index (χ1v) is 8.84. The Morgan fingerprint density at radius 1 is 1.13 bits per heavy atom. The summed E-state index contributed by atoms with van der Waals surface area (Å²) in [7, 11) is 0. The molecule has 0 bridgehead atoms. The summed E-state index contributed by atoms with van der Waals surface area (Å²) < 4.78 is 5.63. The quantitative estimate of drug-likeness (QED) is 0.839. The number of hydrogen-bond donors (Lipinski definition) is 1. The lowest BCUT2D eigenvalue weighted by molar-refractivity contribution is -0.113. The first-order valence-electron chi connectivity index (χ1n) is 7.45. The zero-order valence-corrected chi connectivity index (χ0v) is 14.3. The minimum Gasteiger partial charge on any atom is -0.423 e. The highest BCUT2D eigenvalue weighted by atomic mass is 32.2. The van der Waals surface area contributed by atoms with Gasteiger partial charge in [-0.1, -0.05) is 18.9 Å². The van der Waals surface area contributed by atoms with E-state index in [-0.39, 0.29) is 11.9 Å². The van der Waals surface area contributed by atoms with Gasteiger partial charge in [-0.25, -0.2) is 0 Å². The van der Waals surface area contributed by atoms with Crippen LogP contribution < -0.4 is 10.1 Å². The average Bonchev–Trinajstić information content (AvgIpc) is 2.56. The van der Waals surface area contributed by atoms with Gasteiger partial charge in [0.15, 0.2) is 0 Å². The van der Waals surface area contributed by atoms with Crippen molar-refractivity contribution < 1.29 is 9.53 Å². The van der Waals surface area contributed by atoms with Gasteiger partial charge in [-0.2, -0.15) is 16.7 Å². The molecule has 122 valence electrons. The zero-order valence-electron chi connectivity index (χ0n) is 13.5. The monoisotopic (exact) mass is 332 g/mol. The molecule has 0 saturated carbocycles. The van der Waals surface area contributed by atoms with Crippen LogP contribution in [0.15, 0.2) is 24.3 Å². The fourth-order valence-electron chi connectivity index (χ4n) is 2.00. The van der Waals surface area contributed by atoms with Crippen LogP contribution in [0.25, 0.3) is 0 Å². The smallest absolute Gasteiger partial charge is 0.341 e. The molecule has 23 heavy (non-hydrogen) atoms. The number of amides is 1. The summed E-state index contributed by atoms with van der Waals surface area (Å²) in [5.41, 5.74) is 2.52. The van der Waals surface area contributed by atoms with Crippen molar-refractivity contribution in [1.82, 2.24) is 15.2 Å². The molecule has 0 saturated heterocycles. The summed E-state index contributed by atoms with van der Waals surface area (Å²) in [4.78, 5) is 15.9. The molecule has 7 heteroatoms. The number of ether oxygens (including phenoxy) is 1. The van der Waals surface area contributed by atoms with Crippen LogP contribution in [0, 0.1) is 0 Å². The number of rotatable bonds is 7. The second kappa shape index (κ2) is 8.47. The summed E-state index contributed by atoms with van der Waals surface area (Å²) in [6.07, 6.45) is 3.47. The second-order valence-electron chi connectivity index (χ2n) is 4.80. The Morgan fingerprint density at radius 3 is 2.43 bits per heavy atom. The number of carbonyl (C=O) groups excluding carboxylic acids is 1. The Balaban J connectivity index is 2.04. The average molecular weight is 332 g/mol. The standard InChI is InChI=1S/C16H20N4O2S/c1-4-13-14(5-2)19-20-16(18-13)22-12-8-6-11(7-9-12)17-15(21)10-23-3/h6-9H,4-5,10H2,1-3H3,(H,17,21). The molecule has 0 aliphatic carbocycles. The van der Waals surface area contributed by atoms with Crippen LogP contribution in [0.3, 0.4) is 0 Å². The molecule has 0 radical (unpaired) electrons. The van der Waals surface area contributed by atoms with Crippen LogP contribution in [0.1, 0.15) is 25.2 Å². The van der Waals surface area contributed by atoms with Crippen molar-refractivity contribution in [3.8, 4) is 11.8 Å².